The van der Waals surface area contributed by atoms with Gasteiger partial charge in [-0.3, -0.25) is 9.79 Å². The second-order valence-electron chi connectivity index (χ2n) is 7.10. The maximum Gasteiger partial charge on any atom is 0.221 e. The molecule has 0 bridgehead atoms. The van der Waals surface area contributed by atoms with E-state index in [9.17, 15) is 4.79 Å². The molecule has 1 saturated carbocycles. The van der Waals surface area contributed by atoms with Crippen molar-refractivity contribution in [3.8, 4) is 5.75 Å². The summed E-state index contributed by atoms with van der Waals surface area (Å²) in [6.07, 6.45) is 6.37. The Morgan fingerprint density at radius 2 is 1.96 bits per heavy atom. The molecule has 6 heteroatoms. The SMILES string of the molecule is COc1ccc(CN(C(C)=O)C2CSC(=NC3CCCCC3)N2C)cc1. The van der Waals surface area contributed by atoms with Crippen molar-refractivity contribution in [1.82, 2.24) is 9.80 Å². The second-order valence-corrected chi connectivity index (χ2v) is 8.09. The minimum Gasteiger partial charge on any atom is -0.497 e. The molecule has 1 aliphatic heterocycles. The summed E-state index contributed by atoms with van der Waals surface area (Å²) in [5, 5.41) is 1.09. The van der Waals surface area contributed by atoms with E-state index < -0.39 is 0 Å². The molecule has 3 rings (SSSR count). The lowest BCUT2D eigenvalue weighted by Gasteiger charge is -2.33. The third kappa shape index (κ3) is 4.53. The molecule has 1 saturated heterocycles. The Morgan fingerprint density at radius 3 is 2.58 bits per heavy atom. The zero-order valence-corrected chi connectivity index (χ0v) is 16.8. The number of hydrogen-bond acceptors (Lipinski definition) is 4. The Hall–Kier alpha value is -1.69. The molecule has 1 aromatic carbocycles. The van der Waals surface area contributed by atoms with Gasteiger partial charge >= 0.3 is 0 Å². The van der Waals surface area contributed by atoms with Gasteiger partial charge in [0.15, 0.2) is 5.17 Å². The molecule has 1 aliphatic carbocycles. The molecule has 1 heterocycles. The highest BCUT2D eigenvalue weighted by Gasteiger charge is 2.34. The van der Waals surface area contributed by atoms with Crippen LogP contribution in [0.15, 0.2) is 29.3 Å². The van der Waals surface area contributed by atoms with Crippen LogP contribution in [0.25, 0.3) is 0 Å². The minimum atomic E-state index is 0.0574. The molecule has 1 atom stereocenters. The van der Waals surface area contributed by atoms with E-state index in [0.29, 0.717) is 12.6 Å². The lowest BCUT2D eigenvalue weighted by molar-refractivity contribution is -0.133. The Balaban J connectivity index is 1.69. The summed E-state index contributed by atoms with van der Waals surface area (Å²) in [6, 6.07) is 8.38. The summed E-state index contributed by atoms with van der Waals surface area (Å²) in [5.74, 6) is 1.80. The quantitative estimate of drug-likeness (QED) is 0.786. The van der Waals surface area contributed by atoms with E-state index in [1.807, 2.05) is 29.2 Å². The molecule has 0 N–H and O–H groups in total. The molecule has 1 amide bonds. The van der Waals surface area contributed by atoms with Crippen LogP contribution in [-0.4, -0.2) is 53.0 Å². The van der Waals surface area contributed by atoms with Crippen molar-refractivity contribution >= 4 is 22.8 Å². The van der Waals surface area contributed by atoms with Gasteiger partial charge in [-0.25, -0.2) is 0 Å². The number of benzene rings is 1. The highest BCUT2D eigenvalue weighted by atomic mass is 32.2. The average Bonchev–Trinajstić information content (AvgIpc) is 3.01. The van der Waals surface area contributed by atoms with Crippen LogP contribution in [-0.2, 0) is 11.3 Å². The molecule has 0 aromatic heterocycles. The smallest absolute Gasteiger partial charge is 0.221 e. The van der Waals surface area contributed by atoms with E-state index in [1.165, 1.54) is 32.1 Å². The second kappa shape index (κ2) is 8.80. The number of ether oxygens (including phenoxy) is 1. The Bertz CT molecular complexity index is 641. The molecular weight excluding hydrogens is 346 g/mol. The highest BCUT2D eigenvalue weighted by Crippen LogP contribution is 2.29. The maximum atomic E-state index is 12.3. The first-order valence-corrected chi connectivity index (χ1v) is 10.4. The Kier molecular flexibility index (Phi) is 6.46. The van der Waals surface area contributed by atoms with Gasteiger partial charge in [0.05, 0.1) is 13.2 Å². The van der Waals surface area contributed by atoms with E-state index in [-0.39, 0.29) is 12.1 Å². The van der Waals surface area contributed by atoms with Crippen molar-refractivity contribution in [3.63, 3.8) is 0 Å². The molecule has 1 aromatic rings. The summed E-state index contributed by atoms with van der Waals surface area (Å²) < 4.78 is 5.22. The first-order chi connectivity index (χ1) is 12.6. The summed E-state index contributed by atoms with van der Waals surface area (Å²) in [7, 11) is 3.73. The number of methoxy groups -OCH3 is 1. The van der Waals surface area contributed by atoms with Crippen LogP contribution >= 0.6 is 11.8 Å². The third-order valence-electron chi connectivity index (χ3n) is 5.25. The van der Waals surface area contributed by atoms with E-state index in [1.54, 1.807) is 25.8 Å². The monoisotopic (exact) mass is 375 g/mol. The normalized spacial score (nSPS) is 22.7. The number of thioether (sulfide) groups is 1. The number of hydrogen-bond donors (Lipinski definition) is 0. The fourth-order valence-corrected chi connectivity index (χ4v) is 4.89. The van der Waals surface area contributed by atoms with Crippen molar-refractivity contribution in [2.24, 2.45) is 4.99 Å². The van der Waals surface area contributed by atoms with Gasteiger partial charge in [-0.05, 0) is 30.5 Å². The van der Waals surface area contributed by atoms with Gasteiger partial charge in [0.2, 0.25) is 5.91 Å². The summed E-state index contributed by atoms with van der Waals surface area (Å²) in [4.78, 5) is 21.4. The van der Waals surface area contributed by atoms with Crippen molar-refractivity contribution in [2.45, 2.75) is 57.8 Å². The van der Waals surface area contributed by atoms with Gasteiger partial charge in [0.1, 0.15) is 11.9 Å². The standard InChI is InChI=1S/C20H29N3O2S/c1-15(24)23(13-16-9-11-18(25-3)12-10-16)19-14-26-20(22(19)2)21-17-7-5-4-6-8-17/h9-12,17,19H,4-8,13-14H2,1-3H3. The van der Waals surface area contributed by atoms with Crippen LogP contribution in [0.3, 0.4) is 0 Å². The zero-order chi connectivity index (χ0) is 18.5. The summed E-state index contributed by atoms with van der Waals surface area (Å²) in [6.45, 7) is 2.25. The van der Waals surface area contributed by atoms with Gasteiger partial charge in [-0.2, -0.15) is 0 Å². The molecular formula is C20H29N3O2S. The van der Waals surface area contributed by atoms with Crippen molar-refractivity contribution < 1.29 is 9.53 Å². The predicted molar refractivity (Wildman–Crippen MR) is 108 cm³/mol. The predicted octanol–water partition coefficient (Wildman–Crippen LogP) is 3.74. The molecule has 1 unspecified atom stereocenters. The van der Waals surface area contributed by atoms with Crippen LogP contribution in [0.5, 0.6) is 5.75 Å². The highest BCUT2D eigenvalue weighted by molar-refractivity contribution is 8.14. The topological polar surface area (TPSA) is 45.1 Å². The van der Waals surface area contributed by atoms with Crippen molar-refractivity contribution in [3.05, 3.63) is 29.8 Å². The number of amidine groups is 1. The number of amides is 1. The van der Waals surface area contributed by atoms with Crippen LogP contribution in [0.2, 0.25) is 0 Å². The average molecular weight is 376 g/mol. The number of carbonyl (C=O) groups is 1. The maximum absolute atomic E-state index is 12.3. The van der Waals surface area contributed by atoms with Crippen LogP contribution in [0.4, 0.5) is 0 Å². The number of rotatable bonds is 5. The zero-order valence-electron chi connectivity index (χ0n) is 16.0. The van der Waals surface area contributed by atoms with E-state index in [0.717, 1.165) is 22.2 Å². The summed E-state index contributed by atoms with van der Waals surface area (Å²) >= 11 is 1.78. The molecule has 2 aliphatic rings. The first kappa shape index (κ1) is 19.1. The molecule has 26 heavy (non-hydrogen) atoms. The minimum absolute atomic E-state index is 0.0574. The van der Waals surface area contributed by atoms with Gasteiger partial charge in [-0.15, -0.1) is 0 Å². The van der Waals surface area contributed by atoms with Crippen molar-refractivity contribution in [2.75, 3.05) is 19.9 Å². The van der Waals surface area contributed by atoms with E-state index >= 15 is 0 Å². The largest absolute Gasteiger partial charge is 0.497 e. The van der Waals surface area contributed by atoms with Gasteiger partial charge in [0, 0.05) is 26.3 Å². The molecule has 0 spiro atoms. The van der Waals surface area contributed by atoms with Gasteiger partial charge in [0.25, 0.3) is 0 Å². The third-order valence-corrected chi connectivity index (χ3v) is 6.37. The first-order valence-electron chi connectivity index (χ1n) is 9.42. The molecule has 0 radical (unpaired) electrons. The number of nitrogens with zero attached hydrogens (tertiary/aromatic N) is 3. The van der Waals surface area contributed by atoms with Crippen LogP contribution in [0, 0.1) is 0 Å². The Morgan fingerprint density at radius 1 is 1.27 bits per heavy atom. The number of carbonyl (C=O) groups excluding carboxylic acids is 1. The van der Waals surface area contributed by atoms with Crippen LogP contribution < -0.4 is 4.74 Å². The van der Waals surface area contributed by atoms with Gasteiger partial charge in [-0.1, -0.05) is 43.2 Å². The lowest BCUT2D eigenvalue weighted by Crippen LogP contribution is -2.47. The summed E-state index contributed by atoms with van der Waals surface area (Å²) in [5.41, 5.74) is 1.11. The van der Waals surface area contributed by atoms with Crippen LogP contribution in [0.1, 0.15) is 44.6 Å². The van der Waals surface area contributed by atoms with Crippen molar-refractivity contribution in [1.29, 1.82) is 0 Å². The fourth-order valence-electron chi connectivity index (χ4n) is 3.64. The Labute approximate surface area is 160 Å². The molecule has 2 fully saturated rings. The molecule has 142 valence electrons. The lowest BCUT2D eigenvalue weighted by atomic mass is 9.96. The molecule has 5 nitrogen and oxygen atoms in total. The fraction of sp³-hybridized carbons (Fsp3) is 0.600. The van der Waals surface area contributed by atoms with Gasteiger partial charge < -0.3 is 14.5 Å². The number of aliphatic imine (C=N–C) groups is 1. The van der Waals surface area contributed by atoms with E-state index in [4.69, 9.17) is 9.73 Å². The van der Waals surface area contributed by atoms with E-state index in [2.05, 4.69) is 11.9 Å².